The van der Waals surface area contributed by atoms with Gasteiger partial charge >= 0.3 is 5.97 Å². The maximum Gasteiger partial charge on any atom is 0.305 e. The maximum absolute atomic E-state index is 11.1. The molecule has 2 aliphatic rings. The van der Waals surface area contributed by atoms with E-state index in [0.717, 1.165) is 6.04 Å². The van der Waals surface area contributed by atoms with Gasteiger partial charge in [-0.05, 0) is 44.4 Å². The van der Waals surface area contributed by atoms with E-state index in [-0.39, 0.29) is 5.97 Å². The summed E-state index contributed by atoms with van der Waals surface area (Å²) in [6, 6.07) is 1.53. The first-order chi connectivity index (χ1) is 7.28. The highest BCUT2D eigenvalue weighted by Gasteiger charge is 2.28. The Balaban J connectivity index is 1.64. The zero-order valence-electron chi connectivity index (χ0n) is 9.50. The number of hydrogen-bond donors (Lipinski definition) is 1. The van der Waals surface area contributed by atoms with Crippen LogP contribution in [0.25, 0.3) is 0 Å². The molecule has 2 rings (SSSR count). The Morgan fingerprint density at radius 3 is 2.13 bits per heavy atom. The zero-order chi connectivity index (χ0) is 10.7. The number of carbonyl (C=O) groups excluding carboxylic acids is 1. The second-order valence-electron chi connectivity index (χ2n) is 4.94. The fourth-order valence-corrected chi connectivity index (χ4v) is 2.44. The van der Waals surface area contributed by atoms with Gasteiger partial charge in [-0.3, -0.25) is 4.79 Å². The molecule has 0 heterocycles. The molecule has 0 aromatic carbocycles. The molecular weight excluding hydrogens is 190 g/mol. The standard InChI is InChI=1S/C12H21NO2/c1-15-12(14)8-9-2-4-10(5-3-9)13-11-6-7-11/h9-11,13H,2-8H2,1H3. The normalized spacial score (nSPS) is 31.3. The van der Waals surface area contributed by atoms with Crippen molar-refractivity contribution in [3.63, 3.8) is 0 Å². The fourth-order valence-electron chi connectivity index (χ4n) is 2.44. The lowest BCUT2D eigenvalue weighted by Gasteiger charge is -2.28. The predicted molar refractivity (Wildman–Crippen MR) is 58.5 cm³/mol. The number of ether oxygens (including phenoxy) is 1. The van der Waals surface area contributed by atoms with E-state index < -0.39 is 0 Å². The van der Waals surface area contributed by atoms with Gasteiger partial charge in [0.15, 0.2) is 0 Å². The molecule has 0 bridgehead atoms. The molecule has 1 N–H and O–H groups in total. The summed E-state index contributed by atoms with van der Waals surface area (Å²) in [4.78, 5) is 11.1. The van der Waals surface area contributed by atoms with Crippen molar-refractivity contribution in [3.05, 3.63) is 0 Å². The van der Waals surface area contributed by atoms with Crippen molar-refractivity contribution in [1.29, 1.82) is 0 Å². The smallest absolute Gasteiger partial charge is 0.305 e. The van der Waals surface area contributed by atoms with Crippen LogP contribution in [-0.4, -0.2) is 25.2 Å². The van der Waals surface area contributed by atoms with E-state index in [9.17, 15) is 4.79 Å². The van der Waals surface area contributed by atoms with Crippen LogP contribution >= 0.6 is 0 Å². The molecule has 3 heteroatoms. The van der Waals surface area contributed by atoms with Gasteiger partial charge in [-0.15, -0.1) is 0 Å². The highest BCUT2D eigenvalue weighted by atomic mass is 16.5. The summed E-state index contributed by atoms with van der Waals surface area (Å²) in [6.07, 6.45) is 8.17. The number of methoxy groups -OCH3 is 1. The minimum absolute atomic E-state index is 0.0476. The van der Waals surface area contributed by atoms with Crippen molar-refractivity contribution >= 4 is 5.97 Å². The molecule has 3 nitrogen and oxygen atoms in total. The average Bonchev–Trinajstić information content (AvgIpc) is 3.05. The third-order valence-corrected chi connectivity index (χ3v) is 3.58. The van der Waals surface area contributed by atoms with Crippen LogP contribution in [0.2, 0.25) is 0 Å². The lowest BCUT2D eigenvalue weighted by molar-refractivity contribution is -0.142. The van der Waals surface area contributed by atoms with Crippen molar-refractivity contribution in [2.24, 2.45) is 5.92 Å². The van der Waals surface area contributed by atoms with Gasteiger partial charge in [0.05, 0.1) is 7.11 Å². The first-order valence-electron chi connectivity index (χ1n) is 6.11. The van der Waals surface area contributed by atoms with Gasteiger partial charge in [-0.2, -0.15) is 0 Å². The Morgan fingerprint density at radius 2 is 1.67 bits per heavy atom. The Morgan fingerprint density at radius 1 is 1.13 bits per heavy atom. The molecule has 0 radical (unpaired) electrons. The van der Waals surface area contributed by atoms with E-state index >= 15 is 0 Å². The van der Waals surface area contributed by atoms with Gasteiger partial charge in [0, 0.05) is 18.5 Å². The summed E-state index contributed by atoms with van der Waals surface area (Å²) >= 11 is 0. The summed E-state index contributed by atoms with van der Waals surface area (Å²) in [7, 11) is 1.47. The van der Waals surface area contributed by atoms with Gasteiger partial charge in [0.1, 0.15) is 0 Å². The van der Waals surface area contributed by atoms with Crippen LogP contribution < -0.4 is 5.32 Å². The van der Waals surface area contributed by atoms with E-state index in [1.54, 1.807) is 0 Å². The second kappa shape index (κ2) is 4.97. The van der Waals surface area contributed by atoms with Crippen LogP contribution in [0, 0.1) is 5.92 Å². The van der Waals surface area contributed by atoms with Crippen molar-refractivity contribution in [1.82, 2.24) is 5.32 Å². The van der Waals surface area contributed by atoms with E-state index in [4.69, 9.17) is 4.74 Å². The largest absolute Gasteiger partial charge is 0.469 e. The molecule has 2 saturated carbocycles. The highest BCUT2D eigenvalue weighted by Crippen LogP contribution is 2.29. The second-order valence-corrected chi connectivity index (χ2v) is 4.94. The average molecular weight is 211 g/mol. The molecule has 0 unspecified atom stereocenters. The lowest BCUT2D eigenvalue weighted by Crippen LogP contribution is -2.35. The van der Waals surface area contributed by atoms with Gasteiger partial charge in [-0.25, -0.2) is 0 Å². The van der Waals surface area contributed by atoms with Gasteiger partial charge in [0.25, 0.3) is 0 Å². The molecular formula is C12H21NO2. The van der Waals surface area contributed by atoms with E-state index in [0.29, 0.717) is 18.4 Å². The summed E-state index contributed by atoms with van der Waals surface area (Å²) in [5.74, 6) is 0.517. The lowest BCUT2D eigenvalue weighted by atomic mass is 9.84. The van der Waals surface area contributed by atoms with E-state index in [2.05, 4.69) is 5.32 Å². The third kappa shape index (κ3) is 3.49. The van der Waals surface area contributed by atoms with Crippen LogP contribution in [-0.2, 0) is 9.53 Å². The van der Waals surface area contributed by atoms with Crippen LogP contribution in [0.5, 0.6) is 0 Å². The van der Waals surface area contributed by atoms with Crippen LogP contribution in [0.4, 0.5) is 0 Å². The maximum atomic E-state index is 11.1. The first-order valence-corrected chi connectivity index (χ1v) is 6.11. The summed E-state index contributed by atoms with van der Waals surface area (Å²) in [6.45, 7) is 0. The van der Waals surface area contributed by atoms with E-state index in [1.165, 1.54) is 45.6 Å². The Bertz CT molecular complexity index is 218. The van der Waals surface area contributed by atoms with Gasteiger partial charge in [0.2, 0.25) is 0 Å². The molecule has 0 saturated heterocycles. The molecule has 2 fully saturated rings. The number of rotatable bonds is 4. The minimum atomic E-state index is -0.0476. The predicted octanol–water partition coefficient (Wildman–Crippen LogP) is 1.86. The number of carbonyl (C=O) groups is 1. The van der Waals surface area contributed by atoms with Gasteiger partial charge < -0.3 is 10.1 Å². The summed E-state index contributed by atoms with van der Waals surface area (Å²) < 4.78 is 4.70. The van der Waals surface area contributed by atoms with E-state index in [1.807, 2.05) is 0 Å². The Labute approximate surface area is 91.6 Å². The molecule has 0 aromatic heterocycles. The SMILES string of the molecule is COC(=O)CC1CCC(NC2CC2)CC1. The summed E-state index contributed by atoms with van der Waals surface area (Å²) in [5, 5.41) is 3.66. The molecule has 2 aliphatic carbocycles. The highest BCUT2D eigenvalue weighted by molar-refractivity contribution is 5.69. The Kier molecular flexibility index (Phi) is 3.62. The van der Waals surface area contributed by atoms with Gasteiger partial charge in [-0.1, -0.05) is 0 Å². The zero-order valence-corrected chi connectivity index (χ0v) is 9.50. The Hall–Kier alpha value is -0.570. The molecule has 0 amide bonds. The monoisotopic (exact) mass is 211 g/mol. The fraction of sp³-hybridized carbons (Fsp3) is 0.917. The quantitative estimate of drug-likeness (QED) is 0.721. The first kappa shape index (κ1) is 10.9. The van der Waals surface area contributed by atoms with Crippen LogP contribution in [0.1, 0.15) is 44.9 Å². The molecule has 0 aromatic rings. The molecule has 86 valence electrons. The molecule has 0 atom stereocenters. The topological polar surface area (TPSA) is 38.3 Å². The third-order valence-electron chi connectivity index (χ3n) is 3.58. The van der Waals surface area contributed by atoms with Crippen molar-refractivity contribution in [3.8, 4) is 0 Å². The summed E-state index contributed by atoms with van der Waals surface area (Å²) in [5.41, 5.74) is 0. The van der Waals surface area contributed by atoms with Crippen molar-refractivity contribution in [2.75, 3.05) is 7.11 Å². The number of nitrogens with one attached hydrogen (secondary N) is 1. The number of esters is 1. The van der Waals surface area contributed by atoms with Crippen molar-refractivity contribution in [2.45, 2.75) is 57.0 Å². The minimum Gasteiger partial charge on any atom is -0.469 e. The molecule has 0 spiro atoms. The molecule has 15 heavy (non-hydrogen) atoms. The van der Waals surface area contributed by atoms with Crippen molar-refractivity contribution < 1.29 is 9.53 Å². The molecule has 0 aliphatic heterocycles. The van der Waals surface area contributed by atoms with Crippen LogP contribution in [0.3, 0.4) is 0 Å². The van der Waals surface area contributed by atoms with Crippen LogP contribution in [0.15, 0.2) is 0 Å². The number of hydrogen-bond acceptors (Lipinski definition) is 3.